The first-order chi connectivity index (χ1) is 19.7. The van der Waals surface area contributed by atoms with E-state index in [1.165, 1.54) is 37.1 Å². The summed E-state index contributed by atoms with van der Waals surface area (Å²) in [4.78, 5) is 26.4. The van der Waals surface area contributed by atoms with Crippen LogP contribution in [0.2, 0.25) is 5.02 Å². The number of carbonyl (C=O) groups is 2. The lowest BCUT2D eigenvalue weighted by molar-refractivity contribution is -0.118. The van der Waals surface area contributed by atoms with E-state index in [1.54, 1.807) is 20.8 Å². The smallest absolute Gasteiger partial charge is 0.424 e. The number of rotatable bonds is 12. The summed E-state index contributed by atoms with van der Waals surface area (Å²) in [5, 5.41) is 0.392. The van der Waals surface area contributed by atoms with Crippen molar-refractivity contribution >= 4 is 33.5 Å². The van der Waals surface area contributed by atoms with Crippen LogP contribution >= 0.6 is 11.6 Å². The Hall–Kier alpha value is -2.84. The van der Waals surface area contributed by atoms with Crippen molar-refractivity contribution in [3.8, 4) is 0 Å². The van der Waals surface area contributed by atoms with Gasteiger partial charge in [-0.3, -0.25) is 4.79 Å². The van der Waals surface area contributed by atoms with Gasteiger partial charge in [0.05, 0.1) is 11.5 Å². The van der Waals surface area contributed by atoms with E-state index in [-0.39, 0.29) is 29.6 Å². The topological polar surface area (TPSA) is 90.0 Å². The molecule has 2 aromatic rings. The Morgan fingerprint density at radius 2 is 1.71 bits per heavy atom. The van der Waals surface area contributed by atoms with Crippen molar-refractivity contribution in [2.75, 3.05) is 13.2 Å². The zero-order chi connectivity index (χ0) is 30.7. The monoisotopic (exact) mass is 615 g/mol. The molecule has 2 aliphatic rings. The molecule has 1 amide bonds. The van der Waals surface area contributed by atoms with Crippen LogP contribution in [0.4, 0.5) is 4.79 Å². The van der Waals surface area contributed by atoms with Crippen molar-refractivity contribution in [2.45, 2.75) is 83.6 Å². The lowest BCUT2D eigenvalue weighted by Crippen LogP contribution is -2.41. The molecule has 7 nitrogen and oxygen atoms in total. The molecular weight excluding hydrogens is 574 g/mol. The minimum absolute atomic E-state index is 0.0451. The van der Waals surface area contributed by atoms with Gasteiger partial charge in [0.25, 0.3) is 10.0 Å². The summed E-state index contributed by atoms with van der Waals surface area (Å²) in [5.74, 6) is 1.87. The fourth-order valence-corrected chi connectivity index (χ4v) is 6.44. The fraction of sp³-hybridized carbons (Fsp3) is 0.515. The molecule has 228 valence electrons. The van der Waals surface area contributed by atoms with E-state index < -0.39 is 21.7 Å². The molecule has 1 fully saturated rings. The number of allylic oxidation sites excluding steroid dienone is 2. The van der Waals surface area contributed by atoms with Crippen LogP contribution < -0.4 is 0 Å². The van der Waals surface area contributed by atoms with Crippen LogP contribution in [-0.4, -0.2) is 43.4 Å². The minimum atomic E-state index is -4.19. The van der Waals surface area contributed by atoms with Crippen LogP contribution in [0.25, 0.3) is 0 Å². The van der Waals surface area contributed by atoms with Crippen LogP contribution in [0.3, 0.4) is 0 Å². The second-order valence-corrected chi connectivity index (χ2v) is 15.1. The van der Waals surface area contributed by atoms with Crippen molar-refractivity contribution in [3.63, 3.8) is 0 Å². The molecule has 2 aromatic carbocycles. The maximum absolute atomic E-state index is 13.5. The van der Waals surface area contributed by atoms with E-state index in [0.717, 1.165) is 33.2 Å². The number of carbonyl (C=O) groups excluding carboxylic acids is 2. The highest BCUT2D eigenvalue weighted by Crippen LogP contribution is 2.41. The second kappa shape index (κ2) is 13.2. The van der Waals surface area contributed by atoms with E-state index in [9.17, 15) is 18.0 Å². The minimum Gasteiger partial charge on any atom is -0.497 e. The number of sulfonamides is 1. The third-order valence-corrected chi connectivity index (χ3v) is 9.32. The molecule has 1 saturated carbocycles. The first kappa shape index (κ1) is 32.1. The predicted octanol–water partition coefficient (Wildman–Crippen LogP) is 7.37. The van der Waals surface area contributed by atoms with Gasteiger partial charge in [0.1, 0.15) is 11.4 Å². The van der Waals surface area contributed by atoms with Crippen molar-refractivity contribution in [1.29, 1.82) is 0 Å². The summed E-state index contributed by atoms with van der Waals surface area (Å²) in [6.07, 6.45) is 3.70. The highest BCUT2D eigenvalue weighted by atomic mass is 35.5. The van der Waals surface area contributed by atoms with Gasteiger partial charge < -0.3 is 9.47 Å². The molecule has 0 spiro atoms. The molecule has 1 atom stereocenters. The number of amides is 1. The van der Waals surface area contributed by atoms with E-state index in [1.807, 2.05) is 24.3 Å². The zero-order valence-electron chi connectivity index (χ0n) is 25.2. The molecule has 0 aliphatic heterocycles. The quantitative estimate of drug-likeness (QED) is 0.248. The zero-order valence-corrected chi connectivity index (χ0v) is 26.8. The normalized spacial score (nSPS) is 17.6. The molecule has 0 bridgehead atoms. The number of ketones is 1. The highest BCUT2D eigenvalue weighted by molar-refractivity contribution is 7.89. The molecule has 2 aliphatic carbocycles. The summed E-state index contributed by atoms with van der Waals surface area (Å²) in [5.41, 5.74) is 1.86. The lowest BCUT2D eigenvalue weighted by atomic mass is 9.93. The maximum atomic E-state index is 13.5. The Balaban J connectivity index is 1.48. The first-order valence-corrected chi connectivity index (χ1v) is 16.5. The van der Waals surface area contributed by atoms with Crippen LogP contribution in [0.5, 0.6) is 0 Å². The summed E-state index contributed by atoms with van der Waals surface area (Å²) in [6.45, 7) is 9.77. The summed E-state index contributed by atoms with van der Waals surface area (Å²) < 4.78 is 39.3. The number of Topliss-reactive ketones (excluding diaryl/α,β-unsaturated/α-hetero) is 1. The second-order valence-electron chi connectivity index (χ2n) is 12.8. The third kappa shape index (κ3) is 8.60. The molecule has 4 rings (SSSR count). The first-order valence-electron chi connectivity index (χ1n) is 14.7. The van der Waals surface area contributed by atoms with Crippen LogP contribution in [0, 0.1) is 17.8 Å². The lowest BCUT2D eigenvalue weighted by Gasteiger charge is -2.27. The van der Waals surface area contributed by atoms with Crippen molar-refractivity contribution in [2.24, 2.45) is 17.8 Å². The Kier molecular flexibility index (Phi) is 10.1. The van der Waals surface area contributed by atoms with E-state index in [4.69, 9.17) is 21.1 Å². The SMILES string of the molecule is CC(C)COC1=C(CC2CC2)C(=O)C(Cc2cccc(CCN(C(=O)OC(C)(C)C)S(=O)(=O)c3ccc(Cl)cc3)c2)C1. The van der Waals surface area contributed by atoms with Crippen molar-refractivity contribution in [1.82, 2.24) is 4.31 Å². The molecule has 0 saturated heterocycles. The largest absolute Gasteiger partial charge is 0.497 e. The number of hydrogen-bond acceptors (Lipinski definition) is 6. The van der Waals surface area contributed by atoms with Crippen LogP contribution in [0.15, 0.2) is 64.8 Å². The van der Waals surface area contributed by atoms with Gasteiger partial charge >= 0.3 is 6.09 Å². The van der Waals surface area contributed by atoms with Crippen molar-refractivity contribution in [3.05, 3.63) is 76.0 Å². The number of ether oxygens (including phenoxy) is 2. The molecule has 1 unspecified atom stereocenters. The Labute approximate surface area is 255 Å². The predicted molar refractivity (Wildman–Crippen MR) is 164 cm³/mol. The highest BCUT2D eigenvalue weighted by Gasteiger charge is 2.37. The Morgan fingerprint density at radius 3 is 2.33 bits per heavy atom. The van der Waals surface area contributed by atoms with E-state index in [2.05, 4.69) is 13.8 Å². The molecule has 0 N–H and O–H groups in total. The number of halogens is 1. The van der Waals surface area contributed by atoms with Crippen LogP contribution in [0.1, 0.15) is 71.4 Å². The average molecular weight is 616 g/mol. The van der Waals surface area contributed by atoms with Crippen LogP contribution in [-0.2, 0) is 37.1 Å². The van der Waals surface area contributed by atoms with Gasteiger partial charge in [0.2, 0.25) is 0 Å². The standard InChI is InChI=1S/C33H42ClNO6S/c1-22(2)21-40-30-20-26(31(36)29(30)19-24-9-10-24)18-25-8-6-7-23(17-25)15-16-35(32(37)41-33(3,4)5)42(38,39)28-13-11-27(34)12-14-28/h6-8,11-14,17,22,24,26H,9-10,15-16,18-21H2,1-5H3. The molecule has 9 heteroatoms. The molecular formula is C33H42ClNO6S. The third-order valence-electron chi connectivity index (χ3n) is 7.29. The number of nitrogens with zero attached hydrogens (tertiary/aromatic N) is 1. The molecule has 0 heterocycles. The average Bonchev–Trinajstić information content (AvgIpc) is 3.67. The summed E-state index contributed by atoms with van der Waals surface area (Å²) in [6, 6.07) is 13.5. The van der Waals surface area contributed by atoms with Gasteiger partial charge in [-0.2, -0.15) is 0 Å². The van der Waals surface area contributed by atoms with Gasteiger partial charge in [-0.25, -0.2) is 17.5 Å². The molecule has 0 radical (unpaired) electrons. The molecule has 42 heavy (non-hydrogen) atoms. The summed E-state index contributed by atoms with van der Waals surface area (Å²) >= 11 is 5.95. The van der Waals surface area contributed by atoms with Gasteiger partial charge in [0.15, 0.2) is 5.78 Å². The maximum Gasteiger partial charge on any atom is 0.424 e. The van der Waals surface area contributed by atoms with Gasteiger partial charge in [0, 0.05) is 29.5 Å². The van der Waals surface area contributed by atoms with Crippen molar-refractivity contribution < 1.29 is 27.5 Å². The van der Waals surface area contributed by atoms with Gasteiger partial charge in [-0.15, -0.1) is 0 Å². The van der Waals surface area contributed by atoms with E-state index >= 15 is 0 Å². The summed E-state index contributed by atoms with van der Waals surface area (Å²) in [7, 11) is -4.19. The number of hydrogen-bond donors (Lipinski definition) is 0. The number of benzene rings is 2. The van der Waals surface area contributed by atoms with E-state index in [0.29, 0.717) is 36.3 Å². The van der Waals surface area contributed by atoms with Gasteiger partial charge in [-0.05, 0) is 100 Å². The Bertz CT molecular complexity index is 1420. The Morgan fingerprint density at radius 1 is 1.05 bits per heavy atom. The van der Waals surface area contributed by atoms with Gasteiger partial charge in [-0.1, -0.05) is 49.7 Å². The molecule has 0 aromatic heterocycles. The fourth-order valence-electron chi connectivity index (χ4n) is 5.01.